The minimum absolute atomic E-state index is 0.0320. The molecule has 2 aromatic carbocycles. The molecule has 1 heterocycles. The van der Waals surface area contributed by atoms with E-state index >= 15 is 0 Å². The van der Waals surface area contributed by atoms with Crippen molar-refractivity contribution in [1.29, 1.82) is 0 Å². The molecule has 0 aliphatic rings. The molecule has 0 saturated carbocycles. The number of nitrogens with one attached hydrogen (secondary N) is 2. The van der Waals surface area contributed by atoms with Gasteiger partial charge >= 0.3 is 5.97 Å². The van der Waals surface area contributed by atoms with E-state index in [0.717, 1.165) is 16.9 Å². The summed E-state index contributed by atoms with van der Waals surface area (Å²) >= 11 is 0. The van der Waals surface area contributed by atoms with Crippen LogP contribution in [0.3, 0.4) is 0 Å². The molecule has 0 bridgehead atoms. The molecule has 10 heteroatoms. The van der Waals surface area contributed by atoms with Crippen molar-refractivity contribution in [3.63, 3.8) is 0 Å². The topological polar surface area (TPSA) is 121 Å². The number of hydrogen-bond donors (Lipinski definition) is 2. The quantitative estimate of drug-likeness (QED) is 0.385. The van der Waals surface area contributed by atoms with Crippen molar-refractivity contribution < 1.29 is 28.6 Å². The number of benzene rings is 2. The zero-order valence-electron chi connectivity index (χ0n) is 19.4. The predicted octanol–water partition coefficient (Wildman–Crippen LogP) is 2.05. The second-order valence-electron chi connectivity index (χ2n) is 7.31. The Morgan fingerprint density at radius 2 is 1.65 bits per heavy atom. The first-order valence-corrected chi connectivity index (χ1v) is 10.4. The van der Waals surface area contributed by atoms with Crippen LogP contribution in [-0.2, 0) is 20.7 Å². The van der Waals surface area contributed by atoms with Gasteiger partial charge in [0.2, 0.25) is 0 Å². The maximum Gasteiger partial charge on any atom is 0.310 e. The van der Waals surface area contributed by atoms with Crippen LogP contribution < -0.4 is 20.3 Å². The van der Waals surface area contributed by atoms with Crippen molar-refractivity contribution in [2.75, 3.05) is 20.8 Å². The van der Waals surface area contributed by atoms with Gasteiger partial charge in [-0.2, -0.15) is 5.10 Å². The van der Waals surface area contributed by atoms with Crippen molar-refractivity contribution in [2.24, 2.45) is 0 Å². The van der Waals surface area contributed by atoms with Crippen LogP contribution >= 0.6 is 0 Å². The molecule has 0 aliphatic carbocycles. The lowest BCUT2D eigenvalue weighted by Gasteiger charge is -2.11. The van der Waals surface area contributed by atoms with Gasteiger partial charge in [0.05, 0.1) is 32.0 Å². The molecule has 3 aromatic rings. The lowest BCUT2D eigenvalue weighted by atomic mass is 10.1. The summed E-state index contributed by atoms with van der Waals surface area (Å²) in [6, 6.07) is 14.1. The monoisotopic (exact) mass is 466 g/mol. The molecule has 0 aliphatic heterocycles. The van der Waals surface area contributed by atoms with E-state index in [-0.39, 0.29) is 12.0 Å². The fraction of sp³-hybridized carbons (Fsp3) is 0.250. The lowest BCUT2D eigenvalue weighted by molar-refractivity contribution is -0.148. The number of hydrogen-bond acceptors (Lipinski definition) is 7. The van der Waals surface area contributed by atoms with Gasteiger partial charge in [-0.1, -0.05) is 18.2 Å². The Morgan fingerprint density at radius 3 is 2.32 bits per heavy atom. The minimum atomic E-state index is -0.685. The number of amides is 2. The molecule has 0 saturated heterocycles. The highest BCUT2D eigenvalue weighted by atomic mass is 16.5. The maximum absolute atomic E-state index is 12.3. The van der Waals surface area contributed by atoms with E-state index in [2.05, 4.69) is 16.0 Å². The standard InChI is InChI=1S/C24H26N4O6/c1-15-19(16(2)28(27-15)18-8-6-5-7-9-18)13-23(30)34-14-22(29)25-26-24(31)17-10-11-20(32-3)21(12-17)33-4/h5-12H,13-14H2,1-4H3,(H,25,29)(H,26,31). The van der Waals surface area contributed by atoms with Gasteiger partial charge in [0.1, 0.15) is 0 Å². The summed E-state index contributed by atoms with van der Waals surface area (Å²) in [4.78, 5) is 36.6. The summed E-state index contributed by atoms with van der Waals surface area (Å²) in [7, 11) is 2.93. The Kier molecular flexibility index (Phi) is 7.86. The molecule has 10 nitrogen and oxygen atoms in total. The van der Waals surface area contributed by atoms with Crippen molar-refractivity contribution in [1.82, 2.24) is 20.6 Å². The number of hydrazine groups is 1. The first-order chi connectivity index (χ1) is 16.3. The molecular formula is C24H26N4O6. The highest BCUT2D eigenvalue weighted by Crippen LogP contribution is 2.27. The summed E-state index contributed by atoms with van der Waals surface area (Å²) in [5, 5.41) is 4.49. The summed E-state index contributed by atoms with van der Waals surface area (Å²) < 4.78 is 17.1. The molecule has 1 aromatic heterocycles. The van der Waals surface area contributed by atoms with E-state index in [9.17, 15) is 14.4 Å². The van der Waals surface area contributed by atoms with Crippen molar-refractivity contribution in [2.45, 2.75) is 20.3 Å². The van der Waals surface area contributed by atoms with Gasteiger partial charge in [0, 0.05) is 16.8 Å². The van der Waals surface area contributed by atoms with E-state index in [4.69, 9.17) is 14.2 Å². The van der Waals surface area contributed by atoms with Crippen molar-refractivity contribution >= 4 is 17.8 Å². The third-order valence-electron chi connectivity index (χ3n) is 5.09. The van der Waals surface area contributed by atoms with E-state index < -0.39 is 24.4 Å². The Balaban J connectivity index is 1.51. The van der Waals surface area contributed by atoms with E-state index in [1.54, 1.807) is 10.7 Å². The molecule has 0 unspecified atom stereocenters. The van der Waals surface area contributed by atoms with Gasteiger partial charge in [0.15, 0.2) is 18.1 Å². The van der Waals surface area contributed by atoms with E-state index in [1.807, 2.05) is 44.2 Å². The number of aromatic nitrogens is 2. The predicted molar refractivity (Wildman–Crippen MR) is 123 cm³/mol. The number of aryl methyl sites for hydroxylation is 1. The SMILES string of the molecule is COc1ccc(C(=O)NNC(=O)COC(=O)Cc2c(C)nn(-c3ccccc3)c2C)cc1OC. The number of carbonyl (C=O) groups excluding carboxylic acids is 3. The Morgan fingerprint density at radius 1 is 0.941 bits per heavy atom. The molecule has 0 spiro atoms. The maximum atomic E-state index is 12.3. The average molecular weight is 466 g/mol. The van der Waals surface area contributed by atoms with Crippen LogP contribution in [-0.4, -0.2) is 48.4 Å². The number of esters is 1. The van der Waals surface area contributed by atoms with Crippen LogP contribution in [0, 0.1) is 13.8 Å². The summed E-state index contributed by atoms with van der Waals surface area (Å²) in [6.07, 6.45) is -0.0320. The second kappa shape index (κ2) is 11.0. The van der Waals surface area contributed by atoms with Gasteiger partial charge in [-0.05, 0) is 44.2 Å². The number of nitrogens with zero attached hydrogens (tertiary/aromatic N) is 2. The first kappa shape index (κ1) is 24.3. The largest absolute Gasteiger partial charge is 0.493 e. The average Bonchev–Trinajstić information content (AvgIpc) is 3.14. The lowest BCUT2D eigenvalue weighted by Crippen LogP contribution is -2.43. The number of para-hydroxylation sites is 1. The molecule has 2 N–H and O–H groups in total. The van der Waals surface area contributed by atoms with Gasteiger partial charge in [-0.3, -0.25) is 25.2 Å². The molecular weight excluding hydrogens is 440 g/mol. The minimum Gasteiger partial charge on any atom is -0.493 e. The molecule has 0 atom stereocenters. The van der Waals surface area contributed by atoms with Gasteiger partial charge in [-0.25, -0.2) is 4.68 Å². The summed E-state index contributed by atoms with van der Waals surface area (Å²) in [6.45, 7) is 3.13. The highest BCUT2D eigenvalue weighted by Gasteiger charge is 2.18. The zero-order valence-corrected chi connectivity index (χ0v) is 19.4. The fourth-order valence-electron chi connectivity index (χ4n) is 3.31. The number of methoxy groups -OCH3 is 2. The molecule has 3 rings (SSSR count). The van der Waals surface area contributed by atoms with Crippen LogP contribution in [0.1, 0.15) is 27.3 Å². The molecule has 2 amide bonds. The van der Waals surface area contributed by atoms with E-state index in [1.165, 1.54) is 26.4 Å². The Labute approximate surface area is 196 Å². The molecule has 178 valence electrons. The first-order valence-electron chi connectivity index (χ1n) is 10.4. The third-order valence-corrected chi connectivity index (χ3v) is 5.09. The number of carbonyl (C=O) groups is 3. The molecule has 0 fully saturated rings. The van der Waals surface area contributed by atoms with Crippen LogP contribution in [0.15, 0.2) is 48.5 Å². The van der Waals surface area contributed by atoms with E-state index in [0.29, 0.717) is 17.2 Å². The normalized spacial score (nSPS) is 10.4. The van der Waals surface area contributed by atoms with Crippen LogP contribution in [0.5, 0.6) is 11.5 Å². The Hall–Kier alpha value is -4.34. The van der Waals surface area contributed by atoms with Gasteiger partial charge < -0.3 is 14.2 Å². The molecule has 34 heavy (non-hydrogen) atoms. The van der Waals surface area contributed by atoms with Crippen LogP contribution in [0.25, 0.3) is 5.69 Å². The van der Waals surface area contributed by atoms with Crippen LogP contribution in [0.4, 0.5) is 0 Å². The highest BCUT2D eigenvalue weighted by molar-refractivity contribution is 5.96. The smallest absolute Gasteiger partial charge is 0.310 e. The fourth-order valence-corrected chi connectivity index (χ4v) is 3.31. The zero-order chi connectivity index (χ0) is 24.7. The third kappa shape index (κ3) is 5.71. The number of rotatable bonds is 8. The van der Waals surface area contributed by atoms with Crippen LogP contribution in [0.2, 0.25) is 0 Å². The number of ether oxygens (including phenoxy) is 3. The summed E-state index contributed by atoms with van der Waals surface area (Å²) in [5.41, 5.74) is 7.84. The Bertz CT molecular complexity index is 1190. The second-order valence-corrected chi connectivity index (χ2v) is 7.31. The van der Waals surface area contributed by atoms with Crippen molar-refractivity contribution in [3.05, 3.63) is 71.0 Å². The van der Waals surface area contributed by atoms with Gasteiger partial charge in [0.25, 0.3) is 11.8 Å². The van der Waals surface area contributed by atoms with Gasteiger partial charge in [-0.15, -0.1) is 0 Å². The van der Waals surface area contributed by atoms with Crippen molar-refractivity contribution in [3.8, 4) is 17.2 Å². The summed E-state index contributed by atoms with van der Waals surface area (Å²) in [5.74, 6) is -0.998. The molecule has 0 radical (unpaired) electrons.